The van der Waals surface area contributed by atoms with Gasteiger partial charge in [-0.2, -0.15) is 8.42 Å². The second-order valence-electron chi connectivity index (χ2n) is 7.83. The van der Waals surface area contributed by atoms with Crippen LogP contribution in [0.2, 0.25) is 5.02 Å². The van der Waals surface area contributed by atoms with Gasteiger partial charge in [0.05, 0.1) is 27.1 Å². The summed E-state index contributed by atoms with van der Waals surface area (Å²) in [4.78, 5) is 8.48. The van der Waals surface area contributed by atoms with E-state index in [0.29, 0.717) is 27.3 Å². The maximum Gasteiger partial charge on any atom is 0.293 e. The quantitative estimate of drug-likeness (QED) is 0.194. The molecule has 0 saturated carbocycles. The molecule has 5 aromatic rings. The number of para-hydroxylation sites is 2. The van der Waals surface area contributed by atoms with Crippen LogP contribution in [0, 0.1) is 0 Å². The van der Waals surface area contributed by atoms with Gasteiger partial charge in [0, 0.05) is 11.3 Å². The molecule has 13 heteroatoms. The highest BCUT2D eigenvalue weighted by molar-refractivity contribution is 7.93. The van der Waals surface area contributed by atoms with E-state index >= 15 is 0 Å². The summed E-state index contributed by atoms with van der Waals surface area (Å²) >= 11 is 7.37. The summed E-state index contributed by atoms with van der Waals surface area (Å²) in [5, 5.41) is 4.89. The van der Waals surface area contributed by atoms with Crippen LogP contribution in [0.25, 0.3) is 11.0 Å². The Bertz CT molecular complexity index is 1860. The van der Waals surface area contributed by atoms with Crippen LogP contribution in [0.3, 0.4) is 0 Å². The lowest BCUT2D eigenvalue weighted by Gasteiger charge is -2.13. The number of hydrogen-bond donors (Lipinski definition) is 2. The number of hydrogen-bond acceptors (Lipinski definition) is 7. The number of nitrogens with one attached hydrogen (secondary N) is 2. The second kappa shape index (κ2) is 10.5. The average Bonchev–Trinajstić information content (AvgIpc) is 3.45. The fourth-order valence-corrected chi connectivity index (χ4v) is 6.57. The van der Waals surface area contributed by atoms with E-state index in [1.165, 1.54) is 36.5 Å². The van der Waals surface area contributed by atoms with E-state index in [4.69, 9.17) is 11.6 Å². The summed E-state index contributed by atoms with van der Waals surface area (Å²) in [5.74, 6) is 0.0713. The van der Waals surface area contributed by atoms with Crippen LogP contribution in [0.4, 0.5) is 11.5 Å². The first kappa shape index (κ1) is 25.8. The van der Waals surface area contributed by atoms with Crippen molar-refractivity contribution < 1.29 is 16.8 Å². The predicted molar refractivity (Wildman–Crippen MR) is 150 cm³/mol. The molecule has 0 bridgehead atoms. The third kappa shape index (κ3) is 5.68. The van der Waals surface area contributed by atoms with Crippen LogP contribution in [-0.2, 0) is 20.0 Å². The van der Waals surface area contributed by atoms with Crippen LogP contribution >= 0.6 is 22.9 Å². The summed E-state index contributed by atoms with van der Waals surface area (Å²) in [7, 11) is -7.99. The highest BCUT2D eigenvalue weighted by atomic mass is 35.5. The van der Waals surface area contributed by atoms with Crippen molar-refractivity contribution in [3.63, 3.8) is 0 Å². The largest absolute Gasteiger partial charge is 0.339 e. The molecular weight excluding hydrogens is 566 g/mol. The Balaban J connectivity index is 1.42. The lowest BCUT2D eigenvalue weighted by Crippen LogP contribution is -2.17. The van der Waals surface area contributed by atoms with E-state index < -0.39 is 20.0 Å². The second-order valence-corrected chi connectivity index (χ2v) is 12.7. The normalized spacial score (nSPS) is 12.4. The summed E-state index contributed by atoms with van der Waals surface area (Å²) in [6.07, 6.45) is 1.34. The van der Waals surface area contributed by atoms with Crippen molar-refractivity contribution in [2.45, 2.75) is 9.10 Å². The summed E-state index contributed by atoms with van der Waals surface area (Å²) in [6, 6.07) is 22.6. The standard InChI is InChI=1S/C25H18ClN5O4S3/c26-20-7-2-1-6-19(20)25(31-38(34,35)24-10-5-15-36-24)28-17-11-13-18(14-12-17)37(32,33)30-23-16-27-21-8-3-4-9-22(21)29-23/h1-16H,(H,28,31)(H,29,30). The predicted octanol–water partition coefficient (Wildman–Crippen LogP) is 5.39. The molecule has 0 fully saturated rings. The van der Waals surface area contributed by atoms with Gasteiger partial charge in [-0.15, -0.1) is 15.7 Å². The Morgan fingerprint density at radius 1 is 0.842 bits per heavy atom. The van der Waals surface area contributed by atoms with Gasteiger partial charge in [0.2, 0.25) is 0 Å². The zero-order chi connectivity index (χ0) is 26.8. The summed E-state index contributed by atoms with van der Waals surface area (Å²) < 4.78 is 58.1. The minimum Gasteiger partial charge on any atom is -0.339 e. The Hall–Kier alpha value is -3.84. The Morgan fingerprint density at radius 3 is 2.26 bits per heavy atom. The molecule has 0 aliphatic rings. The number of fused-ring (bicyclic) bond motifs is 1. The molecular formula is C25H18ClN5O4S3. The van der Waals surface area contributed by atoms with Gasteiger partial charge in [0.1, 0.15) is 4.21 Å². The van der Waals surface area contributed by atoms with Gasteiger partial charge < -0.3 is 5.32 Å². The van der Waals surface area contributed by atoms with Crippen molar-refractivity contribution in [2.75, 3.05) is 10.0 Å². The molecule has 0 aliphatic carbocycles. The molecule has 38 heavy (non-hydrogen) atoms. The maximum absolute atomic E-state index is 12.9. The van der Waals surface area contributed by atoms with Gasteiger partial charge in [-0.1, -0.05) is 41.9 Å². The van der Waals surface area contributed by atoms with Crippen molar-refractivity contribution in [1.82, 2.24) is 9.97 Å². The van der Waals surface area contributed by atoms with Crippen molar-refractivity contribution >= 4 is 71.4 Å². The van der Waals surface area contributed by atoms with Crippen LogP contribution in [0.15, 0.2) is 110 Å². The molecule has 3 aromatic carbocycles. The number of anilines is 2. The third-order valence-corrected chi connectivity index (χ3v) is 9.55. The zero-order valence-corrected chi connectivity index (χ0v) is 22.5. The molecule has 5 rings (SSSR count). The Labute approximate surface area is 228 Å². The highest BCUT2D eigenvalue weighted by Crippen LogP contribution is 2.24. The number of nitrogens with zero attached hydrogens (tertiary/aromatic N) is 3. The van der Waals surface area contributed by atoms with Crippen molar-refractivity contribution in [2.24, 2.45) is 4.40 Å². The topological polar surface area (TPSA) is 130 Å². The molecule has 0 aliphatic heterocycles. The monoisotopic (exact) mass is 583 g/mol. The number of aromatic nitrogens is 2. The molecule has 0 unspecified atom stereocenters. The van der Waals surface area contributed by atoms with Gasteiger partial charge in [-0.25, -0.2) is 13.4 Å². The Kier molecular flexibility index (Phi) is 7.13. The first-order chi connectivity index (χ1) is 18.2. The van der Waals surface area contributed by atoms with Crippen LogP contribution in [0.1, 0.15) is 5.56 Å². The first-order valence-corrected chi connectivity index (χ1v) is 15.1. The number of amidine groups is 1. The van der Waals surface area contributed by atoms with E-state index in [1.54, 1.807) is 53.9 Å². The number of halogens is 1. The highest BCUT2D eigenvalue weighted by Gasteiger charge is 2.19. The molecule has 2 heterocycles. The average molecular weight is 584 g/mol. The fraction of sp³-hybridized carbons (Fsp3) is 0. The molecule has 0 radical (unpaired) electrons. The molecule has 9 nitrogen and oxygen atoms in total. The van der Waals surface area contributed by atoms with Crippen molar-refractivity contribution in [3.8, 4) is 0 Å². The number of benzene rings is 3. The van der Waals surface area contributed by atoms with Gasteiger partial charge in [-0.3, -0.25) is 9.71 Å². The minimum atomic E-state index is -4.02. The first-order valence-electron chi connectivity index (χ1n) is 11.0. The van der Waals surface area contributed by atoms with Crippen LogP contribution < -0.4 is 10.0 Å². The Morgan fingerprint density at radius 2 is 1.55 bits per heavy atom. The van der Waals surface area contributed by atoms with Crippen LogP contribution in [0.5, 0.6) is 0 Å². The molecule has 0 spiro atoms. The fourth-order valence-electron chi connectivity index (χ4n) is 3.43. The van der Waals surface area contributed by atoms with E-state index in [0.717, 1.165) is 11.3 Å². The van der Waals surface area contributed by atoms with E-state index in [9.17, 15) is 16.8 Å². The van der Waals surface area contributed by atoms with Crippen LogP contribution in [-0.4, -0.2) is 32.6 Å². The molecule has 192 valence electrons. The van der Waals surface area contributed by atoms with Gasteiger partial charge in [-0.05, 0) is 60.0 Å². The molecule has 2 aromatic heterocycles. The van der Waals surface area contributed by atoms with Gasteiger partial charge in [0.25, 0.3) is 20.0 Å². The van der Waals surface area contributed by atoms with E-state index in [2.05, 4.69) is 24.4 Å². The molecule has 2 N–H and O–H groups in total. The smallest absolute Gasteiger partial charge is 0.293 e. The minimum absolute atomic E-state index is 0.0100. The number of sulfonamides is 2. The van der Waals surface area contributed by atoms with E-state index in [1.807, 2.05) is 6.07 Å². The number of thiophene rings is 1. The maximum atomic E-state index is 12.9. The summed E-state index contributed by atoms with van der Waals surface area (Å²) in [5.41, 5.74) is 1.95. The molecule has 0 atom stereocenters. The number of rotatable bonds is 7. The van der Waals surface area contributed by atoms with Crippen molar-refractivity contribution in [3.05, 3.63) is 107 Å². The van der Waals surface area contributed by atoms with Gasteiger partial charge in [0.15, 0.2) is 11.7 Å². The molecule has 0 saturated heterocycles. The lowest BCUT2D eigenvalue weighted by atomic mass is 10.2. The van der Waals surface area contributed by atoms with Crippen molar-refractivity contribution in [1.29, 1.82) is 0 Å². The SMILES string of the molecule is O=S(=O)(/N=C(/Nc1ccc(S(=O)(=O)Nc2cnc3ccccc3n2)cc1)c1ccccc1Cl)c1cccs1. The molecule has 0 amide bonds. The van der Waals surface area contributed by atoms with Gasteiger partial charge >= 0.3 is 0 Å². The summed E-state index contributed by atoms with van der Waals surface area (Å²) in [6.45, 7) is 0. The third-order valence-electron chi connectivity index (χ3n) is 5.20. The van der Waals surface area contributed by atoms with E-state index in [-0.39, 0.29) is 20.8 Å². The zero-order valence-electron chi connectivity index (χ0n) is 19.3. The lowest BCUT2D eigenvalue weighted by molar-refractivity contribution is 0.598.